The van der Waals surface area contributed by atoms with Gasteiger partial charge in [0.25, 0.3) is 0 Å². The summed E-state index contributed by atoms with van der Waals surface area (Å²) < 4.78 is 5.37. The first-order valence-electron chi connectivity index (χ1n) is 5.77. The predicted molar refractivity (Wildman–Crippen MR) is 66.7 cm³/mol. The SMILES string of the molecule is CC(C)(C)OCC(=O)NCCc1ccncc1. The van der Waals surface area contributed by atoms with Crippen LogP contribution in [-0.2, 0) is 16.0 Å². The number of nitrogens with one attached hydrogen (secondary N) is 1. The van der Waals surface area contributed by atoms with Gasteiger partial charge < -0.3 is 10.1 Å². The van der Waals surface area contributed by atoms with Gasteiger partial charge in [0, 0.05) is 18.9 Å². The van der Waals surface area contributed by atoms with Crippen molar-refractivity contribution in [3.63, 3.8) is 0 Å². The lowest BCUT2D eigenvalue weighted by Crippen LogP contribution is -2.33. The second-order valence-electron chi connectivity index (χ2n) is 4.86. The zero-order valence-corrected chi connectivity index (χ0v) is 10.7. The molecule has 0 atom stereocenters. The summed E-state index contributed by atoms with van der Waals surface area (Å²) in [6, 6.07) is 3.88. The van der Waals surface area contributed by atoms with E-state index in [9.17, 15) is 4.79 Å². The zero-order chi connectivity index (χ0) is 12.7. The van der Waals surface area contributed by atoms with E-state index < -0.39 is 0 Å². The van der Waals surface area contributed by atoms with Crippen LogP contribution in [0.4, 0.5) is 0 Å². The third kappa shape index (κ3) is 6.68. The average molecular weight is 236 g/mol. The summed E-state index contributed by atoms with van der Waals surface area (Å²) in [6.07, 6.45) is 4.31. The van der Waals surface area contributed by atoms with Gasteiger partial charge in [-0.05, 0) is 44.9 Å². The molecule has 4 nitrogen and oxygen atoms in total. The predicted octanol–water partition coefficient (Wildman–Crippen LogP) is 1.56. The third-order valence-corrected chi connectivity index (χ3v) is 2.12. The Hall–Kier alpha value is -1.42. The van der Waals surface area contributed by atoms with Gasteiger partial charge in [0.1, 0.15) is 6.61 Å². The molecule has 1 heterocycles. The molecule has 4 heteroatoms. The number of carbonyl (C=O) groups is 1. The number of hydrogen-bond acceptors (Lipinski definition) is 3. The Balaban J connectivity index is 2.17. The minimum atomic E-state index is -0.275. The van der Waals surface area contributed by atoms with Crippen molar-refractivity contribution < 1.29 is 9.53 Å². The molecule has 0 aromatic carbocycles. The van der Waals surface area contributed by atoms with Crippen molar-refractivity contribution >= 4 is 5.91 Å². The Morgan fingerprint density at radius 3 is 2.59 bits per heavy atom. The van der Waals surface area contributed by atoms with E-state index in [-0.39, 0.29) is 18.1 Å². The molecular formula is C13H20N2O2. The van der Waals surface area contributed by atoms with Crippen LogP contribution < -0.4 is 5.32 Å². The fourth-order valence-electron chi connectivity index (χ4n) is 1.23. The lowest BCUT2D eigenvalue weighted by atomic mass is 10.2. The summed E-state index contributed by atoms with van der Waals surface area (Å²) in [5.41, 5.74) is 0.889. The largest absolute Gasteiger partial charge is 0.366 e. The first-order chi connectivity index (χ1) is 7.97. The second-order valence-corrected chi connectivity index (χ2v) is 4.86. The molecule has 1 aromatic heterocycles. The number of nitrogens with zero attached hydrogens (tertiary/aromatic N) is 1. The summed E-state index contributed by atoms with van der Waals surface area (Å²) in [6.45, 7) is 6.52. The summed E-state index contributed by atoms with van der Waals surface area (Å²) in [5.74, 6) is -0.0750. The number of aromatic nitrogens is 1. The Kier molecular flexibility index (Phi) is 5.10. The van der Waals surface area contributed by atoms with Crippen LogP contribution >= 0.6 is 0 Å². The molecule has 94 valence electrons. The molecule has 0 fully saturated rings. The van der Waals surface area contributed by atoms with E-state index in [1.54, 1.807) is 12.4 Å². The van der Waals surface area contributed by atoms with Crippen LogP contribution in [0.2, 0.25) is 0 Å². The summed E-state index contributed by atoms with van der Waals surface area (Å²) in [5, 5.41) is 2.82. The molecular weight excluding hydrogens is 216 g/mol. The van der Waals surface area contributed by atoms with Crippen molar-refractivity contribution in [2.75, 3.05) is 13.2 Å². The second kappa shape index (κ2) is 6.35. The molecule has 0 unspecified atom stereocenters. The Bertz CT molecular complexity index is 344. The van der Waals surface area contributed by atoms with Crippen LogP contribution in [0.1, 0.15) is 26.3 Å². The maximum absolute atomic E-state index is 11.4. The Morgan fingerprint density at radius 2 is 2.00 bits per heavy atom. The minimum absolute atomic E-state index is 0.0750. The standard InChI is InChI=1S/C13H20N2O2/c1-13(2,3)17-10-12(16)15-9-6-11-4-7-14-8-5-11/h4-5,7-8H,6,9-10H2,1-3H3,(H,15,16). The van der Waals surface area contributed by atoms with E-state index in [0.717, 1.165) is 12.0 Å². The smallest absolute Gasteiger partial charge is 0.246 e. The highest BCUT2D eigenvalue weighted by atomic mass is 16.5. The molecule has 1 rings (SSSR count). The highest BCUT2D eigenvalue weighted by molar-refractivity contribution is 5.77. The van der Waals surface area contributed by atoms with Crippen molar-refractivity contribution in [3.8, 4) is 0 Å². The van der Waals surface area contributed by atoms with Gasteiger partial charge in [0.05, 0.1) is 5.60 Å². The van der Waals surface area contributed by atoms with E-state index in [2.05, 4.69) is 10.3 Å². The van der Waals surface area contributed by atoms with Gasteiger partial charge in [-0.3, -0.25) is 9.78 Å². The molecule has 0 aliphatic rings. The summed E-state index contributed by atoms with van der Waals surface area (Å²) in [4.78, 5) is 15.4. The van der Waals surface area contributed by atoms with Gasteiger partial charge in [-0.25, -0.2) is 0 Å². The highest BCUT2D eigenvalue weighted by Crippen LogP contribution is 2.05. The first kappa shape index (κ1) is 13.6. The molecule has 0 radical (unpaired) electrons. The molecule has 1 aromatic rings. The first-order valence-corrected chi connectivity index (χ1v) is 5.77. The lowest BCUT2D eigenvalue weighted by Gasteiger charge is -2.18. The van der Waals surface area contributed by atoms with Crippen LogP contribution in [0.5, 0.6) is 0 Å². The Labute approximate surface area is 102 Å². The van der Waals surface area contributed by atoms with Crippen molar-refractivity contribution in [3.05, 3.63) is 30.1 Å². The molecule has 0 bridgehead atoms. The van der Waals surface area contributed by atoms with Crippen LogP contribution in [0.15, 0.2) is 24.5 Å². The van der Waals surface area contributed by atoms with Gasteiger partial charge >= 0.3 is 0 Å². The van der Waals surface area contributed by atoms with Crippen molar-refractivity contribution in [2.45, 2.75) is 32.8 Å². The van der Waals surface area contributed by atoms with Gasteiger partial charge in [-0.15, -0.1) is 0 Å². The highest BCUT2D eigenvalue weighted by Gasteiger charge is 2.12. The third-order valence-electron chi connectivity index (χ3n) is 2.12. The van der Waals surface area contributed by atoms with Gasteiger partial charge in [-0.2, -0.15) is 0 Å². The fourth-order valence-corrected chi connectivity index (χ4v) is 1.23. The average Bonchev–Trinajstić information content (AvgIpc) is 2.27. The number of hydrogen-bond donors (Lipinski definition) is 1. The van der Waals surface area contributed by atoms with Crippen LogP contribution in [0, 0.1) is 0 Å². The normalized spacial score (nSPS) is 11.2. The number of ether oxygens (including phenoxy) is 1. The van der Waals surface area contributed by atoms with Gasteiger partial charge in [-0.1, -0.05) is 0 Å². The summed E-state index contributed by atoms with van der Waals surface area (Å²) in [7, 11) is 0. The minimum Gasteiger partial charge on any atom is -0.366 e. The van der Waals surface area contributed by atoms with E-state index in [1.807, 2.05) is 32.9 Å². The molecule has 0 aliphatic heterocycles. The van der Waals surface area contributed by atoms with Gasteiger partial charge in [0.15, 0.2) is 0 Å². The van der Waals surface area contributed by atoms with Crippen molar-refractivity contribution in [2.24, 2.45) is 0 Å². The molecule has 1 amide bonds. The number of rotatable bonds is 5. The maximum Gasteiger partial charge on any atom is 0.246 e. The quantitative estimate of drug-likeness (QED) is 0.844. The van der Waals surface area contributed by atoms with Gasteiger partial charge in [0.2, 0.25) is 5.91 Å². The lowest BCUT2D eigenvalue weighted by molar-refractivity contribution is -0.130. The van der Waals surface area contributed by atoms with Crippen LogP contribution in [-0.4, -0.2) is 29.6 Å². The number of amides is 1. The van der Waals surface area contributed by atoms with Crippen LogP contribution in [0.3, 0.4) is 0 Å². The molecule has 0 saturated heterocycles. The summed E-state index contributed by atoms with van der Waals surface area (Å²) >= 11 is 0. The van der Waals surface area contributed by atoms with Crippen molar-refractivity contribution in [1.82, 2.24) is 10.3 Å². The molecule has 0 spiro atoms. The topological polar surface area (TPSA) is 51.2 Å². The van der Waals surface area contributed by atoms with Crippen molar-refractivity contribution in [1.29, 1.82) is 0 Å². The maximum atomic E-state index is 11.4. The fraction of sp³-hybridized carbons (Fsp3) is 0.538. The van der Waals surface area contributed by atoms with E-state index in [0.29, 0.717) is 6.54 Å². The molecule has 0 saturated carbocycles. The zero-order valence-electron chi connectivity index (χ0n) is 10.7. The van der Waals surface area contributed by atoms with E-state index in [4.69, 9.17) is 4.74 Å². The molecule has 0 aliphatic carbocycles. The molecule has 17 heavy (non-hydrogen) atoms. The van der Waals surface area contributed by atoms with E-state index >= 15 is 0 Å². The van der Waals surface area contributed by atoms with Crippen LogP contribution in [0.25, 0.3) is 0 Å². The number of carbonyl (C=O) groups excluding carboxylic acids is 1. The molecule has 1 N–H and O–H groups in total. The number of pyridine rings is 1. The monoisotopic (exact) mass is 236 g/mol. The van der Waals surface area contributed by atoms with E-state index in [1.165, 1.54) is 0 Å². The Morgan fingerprint density at radius 1 is 1.35 bits per heavy atom.